The van der Waals surface area contributed by atoms with Gasteiger partial charge in [0.1, 0.15) is 0 Å². The second-order valence-corrected chi connectivity index (χ2v) is 9.18. The van der Waals surface area contributed by atoms with Gasteiger partial charge in [-0.1, -0.05) is 43.5 Å². The Balaban J connectivity index is 1.57. The first-order valence-electron chi connectivity index (χ1n) is 9.85. The van der Waals surface area contributed by atoms with Crippen LogP contribution in [-0.4, -0.2) is 26.2 Å². The zero-order valence-electron chi connectivity index (χ0n) is 16.5. The molecule has 0 bridgehead atoms. The zero-order valence-corrected chi connectivity index (χ0v) is 17.3. The normalized spacial score (nSPS) is 15.1. The van der Waals surface area contributed by atoms with E-state index in [2.05, 4.69) is 10.0 Å². The number of Topliss-reactive ketones (excluding diaryl/α,β-unsaturated/α-hetero) is 1. The van der Waals surface area contributed by atoms with Gasteiger partial charge in [0.25, 0.3) is 5.91 Å². The minimum atomic E-state index is -3.69. The molecular formula is C22H26N2O4S. The number of ketones is 1. The number of nitrogens with one attached hydrogen (secondary N) is 2. The predicted molar refractivity (Wildman–Crippen MR) is 111 cm³/mol. The fraction of sp³-hybridized carbons (Fsp3) is 0.364. The summed E-state index contributed by atoms with van der Waals surface area (Å²) < 4.78 is 27.4. The average molecular weight is 415 g/mol. The van der Waals surface area contributed by atoms with E-state index < -0.39 is 10.0 Å². The molecule has 0 atom stereocenters. The maximum Gasteiger partial charge on any atom is 0.251 e. The maximum atomic E-state index is 12.4. The molecule has 6 nitrogen and oxygen atoms in total. The van der Waals surface area contributed by atoms with Gasteiger partial charge in [0.2, 0.25) is 10.0 Å². The number of hydrogen-bond donors (Lipinski definition) is 2. The summed E-state index contributed by atoms with van der Waals surface area (Å²) in [4.78, 5) is 23.8. The third kappa shape index (κ3) is 5.74. The van der Waals surface area contributed by atoms with Crippen molar-refractivity contribution in [3.05, 3.63) is 65.2 Å². The maximum absolute atomic E-state index is 12.4. The van der Waals surface area contributed by atoms with Gasteiger partial charge in [-0.05, 0) is 49.6 Å². The molecule has 3 rings (SSSR count). The van der Waals surface area contributed by atoms with Gasteiger partial charge >= 0.3 is 0 Å². The number of benzene rings is 2. The molecule has 29 heavy (non-hydrogen) atoms. The Morgan fingerprint density at radius 3 is 2.07 bits per heavy atom. The third-order valence-electron chi connectivity index (χ3n) is 5.19. The van der Waals surface area contributed by atoms with E-state index in [1.165, 1.54) is 37.6 Å². The van der Waals surface area contributed by atoms with E-state index in [1.807, 2.05) is 0 Å². The topological polar surface area (TPSA) is 92.3 Å². The van der Waals surface area contributed by atoms with Crippen molar-refractivity contribution in [2.45, 2.75) is 56.5 Å². The first-order chi connectivity index (χ1) is 13.8. The molecule has 2 aromatic carbocycles. The summed E-state index contributed by atoms with van der Waals surface area (Å²) in [6.07, 6.45) is 5.60. The van der Waals surface area contributed by atoms with Crippen LogP contribution in [0, 0.1) is 0 Å². The second-order valence-electron chi connectivity index (χ2n) is 7.41. The molecule has 1 amide bonds. The number of carbonyl (C=O) groups excluding carboxylic acids is 2. The first kappa shape index (κ1) is 21.2. The summed E-state index contributed by atoms with van der Waals surface area (Å²) in [6, 6.07) is 13.0. The predicted octanol–water partition coefficient (Wildman–Crippen LogP) is 3.43. The van der Waals surface area contributed by atoms with Crippen molar-refractivity contribution in [1.82, 2.24) is 10.0 Å². The second kappa shape index (κ2) is 9.33. The van der Waals surface area contributed by atoms with Crippen molar-refractivity contribution in [3.63, 3.8) is 0 Å². The molecule has 1 aliphatic carbocycles. The highest BCUT2D eigenvalue weighted by Crippen LogP contribution is 2.18. The summed E-state index contributed by atoms with van der Waals surface area (Å²) in [5.74, 6) is -0.205. The van der Waals surface area contributed by atoms with Crippen molar-refractivity contribution in [2.75, 3.05) is 0 Å². The van der Waals surface area contributed by atoms with Crippen LogP contribution in [0.1, 0.15) is 65.3 Å². The summed E-state index contributed by atoms with van der Waals surface area (Å²) in [6.45, 7) is 1.54. The Labute approximate surface area is 171 Å². The molecule has 0 heterocycles. The van der Waals surface area contributed by atoms with Crippen molar-refractivity contribution < 1.29 is 18.0 Å². The van der Waals surface area contributed by atoms with Crippen LogP contribution in [0.3, 0.4) is 0 Å². The monoisotopic (exact) mass is 414 g/mol. The fourth-order valence-corrected chi connectivity index (χ4v) is 4.44. The molecule has 154 valence electrons. The van der Waals surface area contributed by atoms with E-state index in [9.17, 15) is 18.0 Å². The molecule has 0 saturated heterocycles. The lowest BCUT2D eigenvalue weighted by Gasteiger charge is -2.22. The number of rotatable bonds is 7. The molecule has 2 aromatic rings. The van der Waals surface area contributed by atoms with Crippen LogP contribution in [0.2, 0.25) is 0 Å². The summed E-state index contributed by atoms with van der Waals surface area (Å²) in [5.41, 5.74) is 1.79. The minimum absolute atomic E-state index is 0.0883. The fourth-order valence-electron chi connectivity index (χ4n) is 3.42. The van der Waals surface area contributed by atoms with Crippen molar-refractivity contribution >= 4 is 21.7 Å². The highest BCUT2D eigenvalue weighted by atomic mass is 32.2. The lowest BCUT2D eigenvalue weighted by Crippen LogP contribution is -2.36. The summed E-state index contributed by atoms with van der Waals surface area (Å²) in [7, 11) is -3.69. The van der Waals surface area contributed by atoms with Crippen LogP contribution in [-0.2, 0) is 16.6 Å². The Morgan fingerprint density at radius 1 is 0.897 bits per heavy atom. The van der Waals surface area contributed by atoms with Crippen LogP contribution >= 0.6 is 0 Å². The van der Waals surface area contributed by atoms with Crippen LogP contribution in [0.25, 0.3) is 0 Å². The van der Waals surface area contributed by atoms with Gasteiger partial charge in [-0.25, -0.2) is 13.1 Å². The standard InChI is InChI=1S/C22H26N2O4S/c1-16(25)18-11-13-21(14-12-18)29(27,28)23-15-17-7-9-19(10-8-17)22(26)24-20-5-3-2-4-6-20/h7-14,20,23H,2-6,15H2,1H3,(H,24,26). The molecule has 1 saturated carbocycles. The largest absolute Gasteiger partial charge is 0.349 e. The number of sulfonamides is 1. The Kier molecular flexibility index (Phi) is 6.82. The van der Waals surface area contributed by atoms with E-state index in [1.54, 1.807) is 24.3 Å². The molecule has 2 N–H and O–H groups in total. The Hall–Kier alpha value is -2.51. The molecule has 0 aliphatic heterocycles. The van der Waals surface area contributed by atoms with E-state index in [-0.39, 0.29) is 29.2 Å². The molecule has 1 aliphatic rings. The summed E-state index contributed by atoms with van der Waals surface area (Å²) >= 11 is 0. The van der Waals surface area contributed by atoms with Gasteiger partial charge in [0, 0.05) is 23.7 Å². The van der Waals surface area contributed by atoms with Crippen LogP contribution < -0.4 is 10.0 Å². The highest BCUT2D eigenvalue weighted by molar-refractivity contribution is 7.89. The molecule has 7 heteroatoms. The number of amides is 1. The van der Waals surface area contributed by atoms with E-state index in [4.69, 9.17) is 0 Å². The molecule has 0 aromatic heterocycles. The highest BCUT2D eigenvalue weighted by Gasteiger charge is 2.17. The third-order valence-corrected chi connectivity index (χ3v) is 6.61. The van der Waals surface area contributed by atoms with Crippen molar-refractivity contribution in [2.24, 2.45) is 0 Å². The quantitative estimate of drug-likeness (QED) is 0.679. The van der Waals surface area contributed by atoms with Crippen LogP contribution in [0.4, 0.5) is 0 Å². The van der Waals surface area contributed by atoms with Gasteiger partial charge in [-0.15, -0.1) is 0 Å². The van der Waals surface area contributed by atoms with Gasteiger partial charge in [0.15, 0.2) is 5.78 Å². The minimum Gasteiger partial charge on any atom is -0.349 e. The zero-order chi connectivity index (χ0) is 20.9. The lowest BCUT2D eigenvalue weighted by molar-refractivity contribution is 0.0927. The van der Waals surface area contributed by atoms with E-state index >= 15 is 0 Å². The van der Waals surface area contributed by atoms with Crippen LogP contribution in [0.5, 0.6) is 0 Å². The molecular weight excluding hydrogens is 388 g/mol. The molecule has 0 unspecified atom stereocenters. The lowest BCUT2D eigenvalue weighted by atomic mass is 9.95. The Morgan fingerprint density at radius 2 is 1.48 bits per heavy atom. The number of carbonyl (C=O) groups is 2. The van der Waals surface area contributed by atoms with E-state index in [0.717, 1.165) is 31.2 Å². The molecule has 0 radical (unpaired) electrons. The van der Waals surface area contributed by atoms with Crippen molar-refractivity contribution in [3.8, 4) is 0 Å². The van der Waals surface area contributed by atoms with E-state index in [0.29, 0.717) is 11.1 Å². The van der Waals surface area contributed by atoms with Crippen LogP contribution in [0.15, 0.2) is 53.4 Å². The summed E-state index contributed by atoms with van der Waals surface area (Å²) in [5, 5.41) is 3.07. The van der Waals surface area contributed by atoms with Gasteiger partial charge in [-0.2, -0.15) is 0 Å². The van der Waals surface area contributed by atoms with Gasteiger partial charge in [-0.3, -0.25) is 9.59 Å². The molecule has 1 fully saturated rings. The smallest absolute Gasteiger partial charge is 0.251 e. The number of hydrogen-bond acceptors (Lipinski definition) is 4. The molecule has 0 spiro atoms. The average Bonchev–Trinajstić information content (AvgIpc) is 2.73. The van der Waals surface area contributed by atoms with Gasteiger partial charge < -0.3 is 5.32 Å². The first-order valence-corrected chi connectivity index (χ1v) is 11.3. The van der Waals surface area contributed by atoms with Gasteiger partial charge in [0.05, 0.1) is 4.90 Å². The Bertz CT molecular complexity index is 961. The SMILES string of the molecule is CC(=O)c1ccc(S(=O)(=O)NCc2ccc(C(=O)NC3CCCCC3)cc2)cc1. The van der Waals surface area contributed by atoms with Crippen molar-refractivity contribution in [1.29, 1.82) is 0 Å².